The van der Waals surface area contributed by atoms with E-state index in [-0.39, 0.29) is 35.5 Å². The lowest BCUT2D eigenvalue weighted by molar-refractivity contribution is -0.115. The first-order chi connectivity index (χ1) is 15.3. The zero-order valence-electron chi connectivity index (χ0n) is 17.2. The van der Waals surface area contributed by atoms with Crippen LogP contribution in [0, 0.1) is 5.82 Å². The van der Waals surface area contributed by atoms with Crippen LogP contribution in [0.5, 0.6) is 0 Å². The van der Waals surface area contributed by atoms with Crippen LogP contribution in [0.2, 0.25) is 5.02 Å². The molecule has 3 aromatic rings. The van der Waals surface area contributed by atoms with Gasteiger partial charge in [-0.2, -0.15) is 0 Å². The summed E-state index contributed by atoms with van der Waals surface area (Å²) < 4.78 is 14.4. The number of halogens is 2. The van der Waals surface area contributed by atoms with Crippen molar-refractivity contribution in [1.29, 1.82) is 0 Å². The number of rotatable bonds is 8. The lowest BCUT2D eigenvalue weighted by Gasteiger charge is -2.14. The summed E-state index contributed by atoms with van der Waals surface area (Å²) in [5, 5.41) is 5.45. The van der Waals surface area contributed by atoms with Gasteiger partial charge < -0.3 is 15.2 Å². The molecule has 0 bridgehead atoms. The van der Waals surface area contributed by atoms with E-state index in [1.54, 1.807) is 19.2 Å². The smallest absolute Gasteiger partial charge is 0.250 e. The standard InChI is InChI=1S/C23H21ClFN3O3S/c1-15(32-14-21(29)26-18-8-6-17(25)7-9-18)23(31)27-19-10-11-22(30)28(13-19)12-16-4-2-3-5-20(16)24/h2-11,13,15H,12,14H2,1H3,(H,26,29)(H,27,31). The van der Waals surface area contributed by atoms with Crippen molar-refractivity contribution in [2.75, 3.05) is 16.4 Å². The molecule has 1 aromatic heterocycles. The molecule has 0 saturated heterocycles. The Morgan fingerprint density at radius 2 is 1.72 bits per heavy atom. The number of thioether (sulfide) groups is 1. The number of pyridine rings is 1. The van der Waals surface area contributed by atoms with Crippen molar-refractivity contribution in [2.24, 2.45) is 0 Å². The monoisotopic (exact) mass is 473 g/mol. The fraction of sp³-hybridized carbons (Fsp3) is 0.174. The largest absolute Gasteiger partial charge is 0.325 e. The molecule has 166 valence electrons. The van der Waals surface area contributed by atoms with Crippen LogP contribution in [0.25, 0.3) is 0 Å². The highest BCUT2D eigenvalue weighted by Gasteiger charge is 2.16. The number of carbonyl (C=O) groups is 2. The Morgan fingerprint density at radius 3 is 2.44 bits per heavy atom. The topological polar surface area (TPSA) is 80.2 Å². The van der Waals surface area contributed by atoms with Crippen LogP contribution in [0.1, 0.15) is 12.5 Å². The van der Waals surface area contributed by atoms with E-state index < -0.39 is 5.25 Å². The summed E-state index contributed by atoms with van der Waals surface area (Å²) in [5.74, 6) is -0.930. The van der Waals surface area contributed by atoms with Crippen molar-refractivity contribution in [1.82, 2.24) is 4.57 Å². The Kier molecular flexibility index (Phi) is 8.08. The maximum atomic E-state index is 12.9. The number of nitrogens with one attached hydrogen (secondary N) is 2. The van der Waals surface area contributed by atoms with Crippen molar-refractivity contribution < 1.29 is 14.0 Å². The van der Waals surface area contributed by atoms with E-state index in [1.165, 1.54) is 41.0 Å². The Bertz CT molecular complexity index is 1170. The molecule has 3 rings (SSSR count). The van der Waals surface area contributed by atoms with Gasteiger partial charge in [-0.05, 0) is 48.9 Å². The number of amides is 2. The van der Waals surface area contributed by atoms with Crippen LogP contribution in [0.4, 0.5) is 15.8 Å². The molecule has 1 atom stereocenters. The summed E-state index contributed by atoms with van der Waals surface area (Å²) in [7, 11) is 0. The second-order valence-corrected chi connectivity index (χ2v) is 8.71. The van der Waals surface area contributed by atoms with Gasteiger partial charge in [0.2, 0.25) is 11.8 Å². The van der Waals surface area contributed by atoms with Crippen LogP contribution in [-0.4, -0.2) is 27.4 Å². The number of benzene rings is 2. The molecule has 1 heterocycles. The van der Waals surface area contributed by atoms with E-state index in [2.05, 4.69) is 10.6 Å². The van der Waals surface area contributed by atoms with Gasteiger partial charge in [0.05, 0.1) is 23.2 Å². The highest BCUT2D eigenvalue weighted by Crippen LogP contribution is 2.18. The number of hydrogen-bond donors (Lipinski definition) is 2. The van der Waals surface area contributed by atoms with Gasteiger partial charge in [0.25, 0.3) is 5.56 Å². The number of aromatic nitrogens is 1. The summed E-state index contributed by atoms with van der Waals surface area (Å²) in [5.41, 5.74) is 1.51. The summed E-state index contributed by atoms with van der Waals surface area (Å²) in [4.78, 5) is 36.8. The lowest BCUT2D eigenvalue weighted by atomic mass is 10.2. The SMILES string of the molecule is CC(SCC(=O)Nc1ccc(F)cc1)C(=O)Nc1ccc(=O)n(Cc2ccccc2Cl)c1. The Balaban J connectivity index is 1.55. The molecule has 0 fully saturated rings. The van der Waals surface area contributed by atoms with Crippen LogP contribution < -0.4 is 16.2 Å². The highest BCUT2D eigenvalue weighted by molar-refractivity contribution is 8.01. The third-order valence-electron chi connectivity index (χ3n) is 4.51. The zero-order valence-corrected chi connectivity index (χ0v) is 18.8. The predicted octanol–water partition coefficient (Wildman–Crippen LogP) is 4.39. The van der Waals surface area contributed by atoms with Crippen LogP contribution in [-0.2, 0) is 16.1 Å². The van der Waals surface area contributed by atoms with Crippen LogP contribution >= 0.6 is 23.4 Å². The number of nitrogens with zero attached hydrogens (tertiary/aromatic N) is 1. The summed E-state index contributed by atoms with van der Waals surface area (Å²) in [6.07, 6.45) is 1.56. The third-order valence-corrected chi connectivity index (χ3v) is 6.02. The first-order valence-electron chi connectivity index (χ1n) is 9.73. The summed E-state index contributed by atoms with van der Waals surface area (Å²) in [6, 6.07) is 15.6. The van der Waals surface area contributed by atoms with E-state index in [0.29, 0.717) is 16.4 Å². The maximum Gasteiger partial charge on any atom is 0.250 e. The van der Waals surface area contributed by atoms with Gasteiger partial charge in [-0.3, -0.25) is 14.4 Å². The molecule has 0 spiro atoms. The average Bonchev–Trinajstić information content (AvgIpc) is 2.77. The zero-order chi connectivity index (χ0) is 23.1. The van der Waals surface area contributed by atoms with Gasteiger partial charge in [-0.15, -0.1) is 11.8 Å². The Labute approximate surface area is 193 Å². The molecule has 0 saturated carbocycles. The molecule has 0 radical (unpaired) electrons. The summed E-state index contributed by atoms with van der Waals surface area (Å²) >= 11 is 7.34. The van der Waals surface area contributed by atoms with Crippen molar-refractivity contribution in [3.8, 4) is 0 Å². The average molecular weight is 474 g/mol. The molecule has 0 aliphatic heterocycles. The molecule has 32 heavy (non-hydrogen) atoms. The van der Waals surface area contributed by atoms with Gasteiger partial charge in [-0.25, -0.2) is 4.39 Å². The fourth-order valence-corrected chi connectivity index (χ4v) is 3.67. The molecular formula is C23H21ClFN3O3S. The van der Waals surface area contributed by atoms with Crippen molar-refractivity contribution in [3.05, 3.63) is 93.6 Å². The van der Waals surface area contributed by atoms with Crippen molar-refractivity contribution in [2.45, 2.75) is 18.7 Å². The van der Waals surface area contributed by atoms with E-state index in [9.17, 15) is 18.8 Å². The van der Waals surface area contributed by atoms with Gasteiger partial charge in [-0.1, -0.05) is 29.8 Å². The molecule has 6 nitrogen and oxygen atoms in total. The quantitative estimate of drug-likeness (QED) is 0.508. The molecule has 1 unspecified atom stereocenters. The lowest BCUT2D eigenvalue weighted by Crippen LogP contribution is -2.26. The molecule has 2 N–H and O–H groups in total. The van der Waals surface area contributed by atoms with Crippen molar-refractivity contribution in [3.63, 3.8) is 0 Å². The van der Waals surface area contributed by atoms with Crippen molar-refractivity contribution >= 4 is 46.6 Å². The van der Waals surface area contributed by atoms with Crippen LogP contribution in [0.3, 0.4) is 0 Å². The maximum absolute atomic E-state index is 12.9. The third kappa shape index (κ3) is 6.70. The Hall–Kier alpha value is -3.10. The minimum Gasteiger partial charge on any atom is -0.325 e. The highest BCUT2D eigenvalue weighted by atomic mass is 35.5. The number of hydrogen-bond acceptors (Lipinski definition) is 4. The van der Waals surface area contributed by atoms with E-state index in [4.69, 9.17) is 11.6 Å². The molecule has 9 heteroatoms. The molecule has 2 aromatic carbocycles. The fourth-order valence-electron chi connectivity index (χ4n) is 2.79. The molecular weight excluding hydrogens is 453 g/mol. The number of carbonyl (C=O) groups excluding carboxylic acids is 2. The van der Waals surface area contributed by atoms with E-state index in [1.807, 2.05) is 18.2 Å². The Morgan fingerprint density at radius 1 is 1.03 bits per heavy atom. The summed E-state index contributed by atoms with van der Waals surface area (Å²) in [6.45, 7) is 1.96. The second-order valence-electron chi connectivity index (χ2n) is 6.97. The molecule has 0 aliphatic carbocycles. The molecule has 0 aliphatic rings. The molecule has 2 amide bonds. The second kappa shape index (κ2) is 11.0. The first-order valence-corrected chi connectivity index (χ1v) is 11.2. The normalized spacial score (nSPS) is 11.6. The number of anilines is 2. The minimum absolute atomic E-state index is 0.0535. The minimum atomic E-state index is -0.516. The first kappa shape index (κ1) is 23.6. The predicted molar refractivity (Wildman–Crippen MR) is 127 cm³/mol. The van der Waals surface area contributed by atoms with E-state index in [0.717, 1.165) is 17.3 Å². The van der Waals surface area contributed by atoms with E-state index >= 15 is 0 Å². The van der Waals surface area contributed by atoms with Gasteiger partial charge in [0, 0.05) is 23.0 Å². The van der Waals surface area contributed by atoms with Gasteiger partial charge in [0.15, 0.2) is 0 Å². The van der Waals surface area contributed by atoms with Gasteiger partial charge in [0.1, 0.15) is 5.82 Å². The van der Waals surface area contributed by atoms with Gasteiger partial charge >= 0.3 is 0 Å². The van der Waals surface area contributed by atoms with Crippen LogP contribution in [0.15, 0.2) is 71.7 Å².